The highest BCUT2D eigenvalue weighted by atomic mass is 35.5. The largest absolute Gasteiger partial charge is 0.154 e. The normalized spacial score (nSPS) is 12.1. The van der Waals surface area contributed by atoms with Gasteiger partial charge in [-0.15, -0.1) is 0 Å². The van der Waals surface area contributed by atoms with Gasteiger partial charge in [-0.2, -0.15) is 11.8 Å². The van der Waals surface area contributed by atoms with Gasteiger partial charge < -0.3 is 0 Å². The van der Waals surface area contributed by atoms with E-state index in [1.807, 2.05) is 19.9 Å². The number of allylic oxidation sites excluding steroid dienone is 1. The van der Waals surface area contributed by atoms with Crippen LogP contribution in [0.3, 0.4) is 0 Å². The number of hydrogen-bond donors (Lipinski definition) is 0. The van der Waals surface area contributed by atoms with Crippen LogP contribution in [-0.4, -0.2) is 5.75 Å². The first-order valence-corrected chi connectivity index (χ1v) is 3.91. The van der Waals surface area contributed by atoms with E-state index in [2.05, 4.69) is 5.75 Å². The van der Waals surface area contributed by atoms with Crippen LogP contribution < -0.4 is 0 Å². The third-order valence-corrected chi connectivity index (χ3v) is 1.47. The van der Waals surface area contributed by atoms with Gasteiger partial charge in [0.25, 0.3) is 0 Å². The minimum absolute atomic E-state index is 0.874. The fraction of sp³-hybridized carbons (Fsp3) is 0.500. The maximum atomic E-state index is 5.55. The molecular weight excluding hydrogens is 140 g/mol. The summed E-state index contributed by atoms with van der Waals surface area (Å²) in [5.41, 5.74) is 0. The Bertz CT molecular complexity index is 74.6. The van der Waals surface area contributed by atoms with Gasteiger partial charge in [0.1, 0.15) is 0 Å². The number of rotatable bonds is 3. The first-order valence-electron chi connectivity index (χ1n) is 2.49. The third-order valence-electron chi connectivity index (χ3n) is 0.628. The molecule has 0 saturated carbocycles. The Morgan fingerprint density at radius 2 is 2.38 bits per heavy atom. The fourth-order valence-corrected chi connectivity index (χ4v) is 0.966. The van der Waals surface area contributed by atoms with Gasteiger partial charge in [0.05, 0.1) is 0 Å². The highest BCUT2D eigenvalue weighted by Gasteiger charge is 1.79. The molecule has 0 aromatic carbocycles. The van der Waals surface area contributed by atoms with Crippen molar-refractivity contribution in [3.8, 4) is 0 Å². The number of hydrogen-bond acceptors (Lipinski definition) is 1. The van der Waals surface area contributed by atoms with Crippen molar-refractivity contribution < 1.29 is 0 Å². The minimum atomic E-state index is 0.874. The zero-order chi connectivity index (χ0) is 6.41. The second-order valence-corrected chi connectivity index (χ2v) is 3.09. The Labute approximate surface area is 60.3 Å². The molecule has 0 unspecified atom stereocenters. The number of thioether (sulfide) groups is 1. The lowest BCUT2D eigenvalue weighted by Crippen LogP contribution is -1.67. The van der Waals surface area contributed by atoms with Crippen LogP contribution in [0.25, 0.3) is 0 Å². The SMILES string of the molecule is C[CH]SC/C=C(/C)Cl. The lowest BCUT2D eigenvalue weighted by molar-refractivity contribution is 1.59. The average Bonchev–Trinajstić information content (AvgIpc) is 1.66. The lowest BCUT2D eigenvalue weighted by Gasteiger charge is -1.87. The molecule has 8 heavy (non-hydrogen) atoms. The summed E-state index contributed by atoms with van der Waals surface area (Å²) in [6, 6.07) is 0. The fourth-order valence-electron chi connectivity index (χ4n) is 0.259. The average molecular weight is 150 g/mol. The molecule has 0 aliphatic rings. The van der Waals surface area contributed by atoms with Crippen molar-refractivity contribution in [3.05, 3.63) is 16.9 Å². The van der Waals surface area contributed by atoms with Gasteiger partial charge in [0.2, 0.25) is 0 Å². The van der Waals surface area contributed by atoms with Crippen LogP contribution in [0.4, 0.5) is 0 Å². The van der Waals surface area contributed by atoms with Crippen LogP contribution in [0, 0.1) is 5.75 Å². The van der Waals surface area contributed by atoms with E-state index in [0.717, 1.165) is 10.8 Å². The van der Waals surface area contributed by atoms with Gasteiger partial charge in [-0.05, 0) is 6.92 Å². The van der Waals surface area contributed by atoms with E-state index in [0.29, 0.717) is 0 Å². The van der Waals surface area contributed by atoms with Crippen LogP contribution in [0.15, 0.2) is 11.1 Å². The molecule has 0 fully saturated rings. The van der Waals surface area contributed by atoms with Crippen molar-refractivity contribution in [2.75, 3.05) is 5.75 Å². The Morgan fingerprint density at radius 1 is 1.75 bits per heavy atom. The number of halogens is 1. The molecule has 0 saturated heterocycles. The molecule has 0 heterocycles. The second kappa shape index (κ2) is 5.52. The van der Waals surface area contributed by atoms with Crippen molar-refractivity contribution >= 4 is 23.4 Å². The molecule has 0 rings (SSSR count). The molecule has 0 aromatic rings. The maximum absolute atomic E-state index is 5.55. The zero-order valence-electron chi connectivity index (χ0n) is 5.15. The van der Waals surface area contributed by atoms with Crippen molar-refractivity contribution in [2.24, 2.45) is 0 Å². The summed E-state index contributed by atoms with van der Waals surface area (Å²) >= 11 is 7.30. The van der Waals surface area contributed by atoms with E-state index in [9.17, 15) is 0 Å². The first kappa shape index (κ1) is 8.38. The summed E-state index contributed by atoms with van der Waals surface area (Å²) in [6.07, 6.45) is 1.99. The summed E-state index contributed by atoms with van der Waals surface area (Å²) < 4.78 is 0. The van der Waals surface area contributed by atoms with E-state index in [-0.39, 0.29) is 0 Å². The topological polar surface area (TPSA) is 0 Å². The molecule has 0 bridgehead atoms. The first-order chi connectivity index (χ1) is 3.77. The van der Waals surface area contributed by atoms with Crippen LogP contribution in [0.2, 0.25) is 0 Å². The standard InChI is InChI=1S/C6H10ClS/c1-3-8-5-4-6(2)7/h3-4H,5H2,1-2H3/b6-4-. The summed E-state index contributed by atoms with van der Waals surface area (Å²) in [7, 11) is 0. The molecule has 0 aliphatic carbocycles. The molecule has 0 spiro atoms. The monoisotopic (exact) mass is 149 g/mol. The summed E-state index contributed by atoms with van der Waals surface area (Å²) in [6.45, 7) is 3.90. The van der Waals surface area contributed by atoms with Gasteiger partial charge in [0.15, 0.2) is 0 Å². The smallest absolute Gasteiger partial charge is 0.0138 e. The molecule has 0 amide bonds. The molecule has 0 N–H and O–H groups in total. The van der Waals surface area contributed by atoms with E-state index < -0.39 is 0 Å². The van der Waals surface area contributed by atoms with Gasteiger partial charge in [-0.3, -0.25) is 0 Å². The third kappa shape index (κ3) is 6.38. The van der Waals surface area contributed by atoms with Crippen LogP contribution >= 0.6 is 23.4 Å². The van der Waals surface area contributed by atoms with Gasteiger partial charge in [0, 0.05) is 16.5 Å². The molecule has 47 valence electrons. The zero-order valence-corrected chi connectivity index (χ0v) is 6.72. The van der Waals surface area contributed by atoms with E-state index in [1.165, 1.54) is 0 Å². The van der Waals surface area contributed by atoms with Gasteiger partial charge in [-0.25, -0.2) is 0 Å². The Hall–Kier alpha value is 0.380. The van der Waals surface area contributed by atoms with Gasteiger partial charge >= 0.3 is 0 Å². The quantitative estimate of drug-likeness (QED) is 0.556. The Kier molecular flexibility index (Phi) is 5.78. The van der Waals surface area contributed by atoms with Crippen molar-refractivity contribution in [2.45, 2.75) is 13.8 Å². The maximum Gasteiger partial charge on any atom is 0.0138 e. The van der Waals surface area contributed by atoms with Crippen molar-refractivity contribution in [1.82, 2.24) is 0 Å². The molecule has 2 heteroatoms. The minimum Gasteiger partial charge on any atom is -0.154 e. The molecule has 1 radical (unpaired) electrons. The highest BCUT2D eigenvalue weighted by molar-refractivity contribution is 8.01. The molecule has 0 aliphatic heterocycles. The molecular formula is C6H10ClS. The highest BCUT2D eigenvalue weighted by Crippen LogP contribution is 2.06. The molecule has 0 atom stereocenters. The molecule has 0 aromatic heterocycles. The van der Waals surface area contributed by atoms with E-state index in [4.69, 9.17) is 11.6 Å². The van der Waals surface area contributed by atoms with Crippen LogP contribution in [0.5, 0.6) is 0 Å². The van der Waals surface area contributed by atoms with E-state index >= 15 is 0 Å². The second-order valence-electron chi connectivity index (χ2n) is 1.36. The van der Waals surface area contributed by atoms with Crippen LogP contribution in [-0.2, 0) is 0 Å². The predicted molar refractivity (Wildman–Crippen MR) is 42.0 cm³/mol. The summed E-state index contributed by atoms with van der Waals surface area (Å²) in [5.74, 6) is 3.04. The summed E-state index contributed by atoms with van der Waals surface area (Å²) in [5, 5.41) is 0.874. The Morgan fingerprint density at radius 3 is 2.75 bits per heavy atom. The predicted octanol–water partition coefficient (Wildman–Crippen LogP) is 3.04. The Balaban J connectivity index is 3.03. The summed E-state index contributed by atoms with van der Waals surface area (Å²) in [4.78, 5) is 0. The van der Waals surface area contributed by atoms with E-state index in [1.54, 1.807) is 11.8 Å². The van der Waals surface area contributed by atoms with Crippen LogP contribution in [0.1, 0.15) is 13.8 Å². The lowest BCUT2D eigenvalue weighted by atomic mass is 10.6. The van der Waals surface area contributed by atoms with Gasteiger partial charge in [-0.1, -0.05) is 24.6 Å². The van der Waals surface area contributed by atoms with Crippen molar-refractivity contribution in [1.29, 1.82) is 0 Å². The van der Waals surface area contributed by atoms with Crippen molar-refractivity contribution in [3.63, 3.8) is 0 Å². The molecule has 0 nitrogen and oxygen atoms in total.